The van der Waals surface area contributed by atoms with E-state index in [1.54, 1.807) is 7.11 Å². The highest BCUT2D eigenvalue weighted by molar-refractivity contribution is 5.79. The molecule has 1 saturated heterocycles. The minimum absolute atomic E-state index is 0.0700. The second kappa shape index (κ2) is 7.12. The summed E-state index contributed by atoms with van der Waals surface area (Å²) in [5.74, 6) is 3.03. The van der Waals surface area contributed by atoms with Gasteiger partial charge in [-0.1, -0.05) is 17.3 Å². The average molecular weight is 393 g/mol. The Kier molecular flexibility index (Phi) is 4.31. The van der Waals surface area contributed by atoms with Crippen LogP contribution < -0.4 is 14.2 Å². The van der Waals surface area contributed by atoms with Crippen LogP contribution in [0.25, 0.3) is 11.4 Å². The molecule has 1 atom stereocenters. The molecule has 0 spiro atoms. The molecule has 1 fully saturated rings. The third-order valence-corrected chi connectivity index (χ3v) is 5.14. The molecule has 8 nitrogen and oxygen atoms in total. The molecule has 0 radical (unpaired) electrons. The first-order valence-electron chi connectivity index (χ1n) is 9.34. The normalized spacial score (nSPS) is 17.8. The number of ether oxygens (including phenoxy) is 3. The first kappa shape index (κ1) is 17.5. The minimum Gasteiger partial charge on any atom is -0.497 e. The molecule has 0 N–H and O–H groups in total. The molecular formula is C21H19N3O5. The number of carbonyl (C=O) groups is 1. The molecule has 2 aromatic carbocycles. The topological polar surface area (TPSA) is 86.9 Å². The molecule has 1 amide bonds. The molecule has 0 bridgehead atoms. The van der Waals surface area contributed by atoms with Gasteiger partial charge in [0, 0.05) is 25.1 Å². The van der Waals surface area contributed by atoms with Crippen LogP contribution in [0.15, 0.2) is 47.0 Å². The van der Waals surface area contributed by atoms with E-state index >= 15 is 0 Å². The van der Waals surface area contributed by atoms with Crippen molar-refractivity contribution in [2.24, 2.45) is 0 Å². The molecule has 0 aliphatic carbocycles. The van der Waals surface area contributed by atoms with Crippen molar-refractivity contribution in [3.63, 3.8) is 0 Å². The molecule has 5 rings (SSSR count). The fraction of sp³-hybridized carbons (Fsp3) is 0.286. The van der Waals surface area contributed by atoms with E-state index in [1.165, 1.54) is 0 Å². The molecule has 3 aromatic rings. The van der Waals surface area contributed by atoms with Crippen LogP contribution in [0.1, 0.15) is 23.8 Å². The van der Waals surface area contributed by atoms with Gasteiger partial charge in [0.25, 0.3) is 0 Å². The second-order valence-electron chi connectivity index (χ2n) is 7.05. The van der Waals surface area contributed by atoms with Crippen LogP contribution >= 0.6 is 0 Å². The van der Waals surface area contributed by atoms with E-state index < -0.39 is 0 Å². The third-order valence-electron chi connectivity index (χ3n) is 5.14. The van der Waals surface area contributed by atoms with E-state index in [4.69, 9.17) is 18.7 Å². The van der Waals surface area contributed by atoms with Crippen molar-refractivity contribution < 1.29 is 23.5 Å². The van der Waals surface area contributed by atoms with Crippen LogP contribution in [0.2, 0.25) is 0 Å². The number of carbonyl (C=O) groups excluding carboxylic acids is 1. The molecule has 1 unspecified atom stereocenters. The molecular weight excluding hydrogens is 374 g/mol. The summed E-state index contributed by atoms with van der Waals surface area (Å²) >= 11 is 0. The molecule has 0 saturated carbocycles. The number of nitrogens with zero attached hydrogens (tertiary/aromatic N) is 3. The Balaban J connectivity index is 1.30. The Bertz CT molecular complexity index is 1060. The molecule has 3 heterocycles. The minimum atomic E-state index is -0.122. The Morgan fingerprint density at radius 1 is 1.17 bits per heavy atom. The van der Waals surface area contributed by atoms with Crippen molar-refractivity contribution in [1.82, 2.24) is 15.0 Å². The van der Waals surface area contributed by atoms with E-state index in [2.05, 4.69) is 10.1 Å². The summed E-state index contributed by atoms with van der Waals surface area (Å²) in [4.78, 5) is 18.8. The highest BCUT2D eigenvalue weighted by Crippen LogP contribution is 2.36. The quantitative estimate of drug-likeness (QED) is 0.658. The van der Waals surface area contributed by atoms with Crippen LogP contribution in [0.5, 0.6) is 17.2 Å². The molecule has 8 heteroatoms. The molecule has 2 aliphatic rings. The summed E-state index contributed by atoms with van der Waals surface area (Å²) in [5.41, 5.74) is 1.80. The van der Waals surface area contributed by atoms with Gasteiger partial charge < -0.3 is 23.6 Å². The van der Waals surface area contributed by atoms with Crippen LogP contribution in [0.4, 0.5) is 0 Å². The summed E-state index contributed by atoms with van der Waals surface area (Å²) in [6.45, 7) is 1.28. The fourth-order valence-electron chi connectivity index (χ4n) is 3.64. The Morgan fingerprint density at radius 3 is 2.97 bits per heavy atom. The SMILES string of the molecule is COc1cccc(CN2CC(c3nc(-c4ccc5c(c4)OCO5)no3)CC2=O)c1. The van der Waals surface area contributed by atoms with Gasteiger partial charge in [-0.05, 0) is 35.9 Å². The number of hydrogen-bond acceptors (Lipinski definition) is 7. The van der Waals surface area contributed by atoms with E-state index in [0.29, 0.717) is 42.7 Å². The lowest BCUT2D eigenvalue weighted by molar-refractivity contribution is -0.128. The van der Waals surface area contributed by atoms with E-state index in [1.807, 2.05) is 47.4 Å². The standard InChI is InChI=1S/C21H19N3O5/c1-26-16-4-2-3-13(7-16)10-24-11-15(9-19(24)25)21-22-20(23-29-21)14-5-6-17-18(8-14)28-12-27-17/h2-8,15H,9-12H2,1H3. The Labute approximate surface area is 167 Å². The molecule has 2 aliphatic heterocycles. The maximum Gasteiger partial charge on any atom is 0.232 e. The highest BCUT2D eigenvalue weighted by Gasteiger charge is 2.34. The summed E-state index contributed by atoms with van der Waals surface area (Å²) in [7, 11) is 1.63. The lowest BCUT2D eigenvalue weighted by Gasteiger charge is -2.16. The highest BCUT2D eigenvalue weighted by atomic mass is 16.7. The third kappa shape index (κ3) is 3.37. The maximum atomic E-state index is 12.5. The van der Waals surface area contributed by atoms with Gasteiger partial charge in [0.2, 0.25) is 24.4 Å². The average Bonchev–Trinajstić information content (AvgIpc) is 3.47. The smallest absolute Gasteiger partial charge is 0.232 e. The molecule has 1 aromatic heterocycles. The van der Waals surface area contributed by atoms with Crippen molar-refractivity contribution in [3.8, 4) is 28.6 Å². The van der Waals surface area contributed by atoms with Crippen LogP contribution in [0.3, 0.4) is 0 Å². The zero-order chi connectivity index (χ0) is 19.8. The number of fused-ring (bicyclic) bond motifs is 1. The van der Waals surface area contributed by atoms with Crippen LogP contribution in [0, 0.1) is 0 Å². The summed E-state index contributed by atoms with van der Waals surface area (Å²) in [6.07, 6.45) is 0.354. The van der Waals surface area contributed by atoms with Gasteiger partial charge in [-0.15, -0.1) is 0 Å². The van der Waals surface area contributed by atoms with Crippen LogP contribution in [-0.4, -0.2) is 41.4 Å². The Hall–Kier alpha value is -3.55. The van der Waals surface area contributed by atoms with Gasteiger partial charge in [0.1, 0.15) is 5.75 Å². The van der Waals surface area contributed by atoms with Crippen LogP contribution in [-0.2, 0) is 11.3 Å². The molecule has 29 heavy (non-hydrogen) atoms. The van der Waals surface area contributed by atoms with Crippen molar-refractivity contribution in [1.29, 1.82) is 0 Å². The summed E-state index contributed by atoms with van der Waals surface area (Å²) in [5, 5.41) is 4.08. The second-order valence-corrected chi connectivity index (χ2v) is 7.05. The number of aromatic nitrogens is 2. The van der Waals surface area contributed by atoms with Crippen molar-refractivity contribution in [2.75, 3.05) is 20.4 Å². The Morgan fingerprint density at radius 2 is 2.07 bits per heavy atom. The number of benzene rings is 2. The van der Waals surface area contributed by atoms with E-state index in [0.717, 1.165) is 16.9 Å². The number of likely N-dealkylation sites (tertiary alicyclic amines) is 1. The van der Waals surface area contributed by atoms with Gasteiger partial charge in [-0.25, -0.2) is 0 Å². The van der Waals surface area contributed by atoms with Gasteiger partial charge in [-0.3, -0.25) is 4.79 Å². The first-order chi connectivity index (χ1) is 14.2. The fourth-order valence-corrected chi connectivity index (χ4v) is 3.64. The lowest BCUT2D eigenvalue weighted by Crippen LogP contribution is -2.24. The predicted molar refractivity (Wildman–Crippen MR) is 102 cm³/mol. The number of hydrogen-bond donors (Lipinski definition) is 0. The number of methoxy groups -OCH3 is 1. The number of amides is 1. The lowest BCUT2D eigenvalue weighted by atomic mass is 10.1. The van der Waals surface area contributed by atoms with Gasteiger partial charge in [0.05, 0.1) is 13.0 Å². The van der Waals surface area contributed by atoms with E-state index in [9.17, 15) is 4.79 Å². The largest absolute Gasteiger partial charge is 0.497 e. The zero-order valence-corrected chi connectivity index (χ0v) is 15.8. The van der Waals surface area contributed by atoms with Crippen molar-refractivity contribution in [3.05, 3.63) is 53.9 Å². The number of rotatable bonds is 5. The summed E-state index contributed by atoms with van der Waals surface area (Å²) in [6, 6.07) is 13.2. The van der Waals surface area contributed by atoms with Gasteiger partial charge in [-0.2, -0.15) is 4.98 Å². The van der Waals surface area contributed by atoms with Crippen molar-refractivity contribution in [2.45, 2.75) is 18.9 Å². The summed E-state index contributed by atoms with van der Waals surface area (Å²) < 4.78 is 21.5. The monoisotopic (exact) mass is 393 g/mol. The van der Waals surface area contributed by atoms with Gasteiger partial charge in [0.15, 0.2) is 11.5 Å². The first-order valence-corrected chi connectivity index (χ1v) is 9.34. The van der Waals surface area contributed by atoms with Gasteiger partial charge >= 0.3 is 0 Å². The van der Waals surface area contributed by atoms with E-state index in [-0.39, 0.29) is 18.6 Å². The predicted octanol–water partition coefficient (Wildman–Crippen LogP) is 2.99. The van der Waals surface area contributed by atoms with Crippen molar-refractivity contribution >= 4 is 5.91 Å². The molecule has 148 valence electrons. The maximum absolute atomic E-state index is 12.5. The zero-order valence-electron chi connectivity index (χ0n) is 15.8.